The maximum atomic E-state index is 7.53. The Balaban J connectivity index is 1.92. The number of rotatable bonds is 26. The number of hydrogen-bond donors (Lipinski definition) is 0. The lowest BCUT2D eigenvalue weighted by Crippen LogP contribution is -2.50. The van der Waals surface area contributed by atoms with Gasteiger partial charge in [-0.05, 0) is 102 Å². The van der Waals surface area contributed by atoms with Gasteiger partial charge < -0.3 is 32.5 Å². The molecule has 3 aromatic rings. The molecule has 0 spiro atoms. The monoisotopic (exact) mass is 905 g/mol. The maximum absolute atomic E-state index is 7.53. The van der Waals surface area contributed by atoms with Crippen molar-refractivity contribution in [3.8, 4) is 11.5 Å². The van der Waals surface area contributed by atoms with E-state index in [0.717, 1.165) is 29.0 Å². The molecule has 3 aromatic carbocycles. The minimum absolute atomic E-state index is 0.0117. The molecule has 9 heteroatoms. The van der Waals surface area contributed by atoms with Crippen molar-refractivity contribution in [1.82, 2.24) is 0 Å². The van der Waals surface area contributed by atoms with Gasteiger partial charge in [0.15, 0.2) is 16.6 Å². The lowest BCUT2D eigenvalue weighted by Gasteiger charge is -2.45. The van der Waals surface area contributed by atoms with E-state index in [1.807, 2.05) is 30.3 Å². The molecule has 3 rings (SSSR count). The molecule has 0 bridgehead atoms. The highest BCUT2D eigenvalue weighted by Gasteiger charge is 2.44. The van der Waals surface area contributed by atoms with Gasteiger partial charge in [-0.2, -0.15) is 0 Å². The first-order chi connectivity index (χ1) is 29.4. The second-order valence-electron chi connectivity index (χ2n) is 21.5. The van der Waals surface area contributed by atoms with Crippen LogP contribution in [0.1, 0.15) is 106 Å². The maximum Gasteiger partial charge on any atom is 0.192 e. The van der Waals surface area contributed by atoms with E-state index in [1.165, 1.54) is 11.1 Å². The van der Waals surface area contributed by atoms with E-state index in [-0.39, 0.29) is 58.0 Å². The van der Waals surface area contributed by atoms with Crippen LogP contribution in [0.4, 0.5) is 0 Å². The summed E-state index contributed by atoms with van der Waals surface area (Å²) in [7, 11) is -0.909. The molecule has 0 unspecified atom stereocenters. The second-order valence-corrected chi connectivity index (χ2v) is 31.1. The minimum atomic E-state index is -2.20. The Hall–Kier alpha value is -2.77. The Morgan fingerprint density at radius 1 is 0.540 bits per heavy atom. The summed E-state index contributed by atoms with van der Waals surface area (Å²) in [5.41, 5.74) is 4.78. The van der Waals surface area contributed by atoms with Crippen LogP contribution >= 0.6 is 0 Å². The number of hydrogen-bond acceptors (Lipinski definition) is 7. The van der Waals surface area contributed by atoms with Crippen LogP contribution in [0.5, 0.6) is 11.5 Å². The molecule has 0 aliphatic heterocycles. The number of ether oxygens (including phenoxy) is 5. The summed E-state index contributed by atoms with van der Waals surface area (Å²) in [6.07, 6.45) is 3.25. The summed E-state index contributed by atoms with van der Waals surface area (Å²) in [4.78, 5) is 0. The van der Waals surface area contributed by atoms with E-state index in [2.05, 4.69) is 164 Å². The Labute approximate surface area is 387 Å². The predicted molar refractivity (Wildman–Crippen MR) is 269 cm³/mol. The Morgan fingerprint density at radius 3 is 1.40 bits per heavy atom. The van der Waals surface area contributed by atoms with Crippen LogP contribution < -0.4 is 9.47 Å². The largest absolute Gasteiger partial charge is 0.497 e. The lowest BCUT2D eigenvalue weighted by molar-refractivity contribution is -0.0891. The molecular weight excluding hydrogens is 817 g/mol. The second kappa shape index (κ2) is 24.7. The van der Waals surface area contributed by atoms with Gasteiger partial charge in [-0.1, -0.05) is 142 Å². The lowest BCUT2D eigenvalue weighted by atomic mass is 9.81. The quantitative estimate of drug-likeness (QED) is 0.0587. The Bertz CT molecular complexity index is 1760. The van der Waals surface area contributed by atoms with Crippen molar-refractivity contribution in [2.24, 2.45) is 29.6 Å². The fourth-order valence-corrected chi connectivity index (χ4v) is 10.9. The zero-order chi connectivity index (χ0) is 47.2. The van der Waals surface area contributed by atoms with Gasteiger partial charge in [-0.3, -0.25) is 0 Å². The summed E-state index contributed by atoms with van der Waals surface area (Å²) in [5, 5.41) is 0.135. The molecule has 0 saturated heterocycles. The Morgan fingerprint density at radius 2 is 0.952 bits per heavy atom. The molecule has 0 radical (unpaired) electrons. The highest BCUT2D eigenvalue weighted by Crippen LogP contribution is 2.42. The highest BCUT2D eigenvalue weighted by molar-refractivity contribution is 6.74. The van der Waals surface area contributed by atoms with Crippen LogP contribution in [0, 0.1) is 29.6 Å². The number of methoxy groups -OCH3 is 2. The van der Waals surface area contributed by atoms with Crippen LogP contribution in [0.15, 0.2) is 90.5 Å². The van der Waals surface area contributed by atoms with E-state index in [0.29, 0.717) is 33.0 Å². The number of benzene rings is 3. The molecule has 63 heavy (non-hydrogen) atoms. The molecule has 0 N–H and O–H groups in total. The third-order valence-corrected chi connectivity index (χ3v) is 22.8. The van der Waals surface area contributed by atoms with Crippen LogP contribution in [-0.4, -0.2) is 62.4 Å². The molecule has 0 saturated carbocycles. The van der Waals surface area contributed by atoms with Gasteiger partial charge >= 0.3 is 0 Å². The fourth-order valence-electron chi connectivity index (χ4n) is 7.90. The highest BCUT2D eigenvalue weighted by atomic mass is 28.4. The van der Waals surface area contributed by atoms with Crippen molar-refractivity contribution in [1.29, 1.82) is 0 Å². The molecule has 0 aliphatic carbocycles. The topological polar surface area (TPSA) is 64.6 Å². The van der Waals surface area contributed by atoms with Gasteiger partial charge in [0.2, 0.25) is 0 Å². The van der Waals surface area contributed by atoms with Crippen molar-refractivity contribution in [3.63, 3.8) is 0 Å². The molecular formula is C54H88O7Si2. The van der Waals surface area contributed by atoms with E-state index >= 15 is 0 Å². The third kappa shape index (κ3) is 17.2. The van der Waals surface area contributed by atoms with Gasteiger partial charge in [0.1, 0.15) is 11.5 Å². The molecule has 0 aliphatic rings. The van der Waals surface area contributed by atoms with E-state index in [4.69, 9.17) is 32.5 Å². The first-order valence-corrected chi connectivity index (χ1v) is 29.3. The summed E-state index contributed by atoms with van der Waals surface area (Å²) >= 11 is 0. The van der Waals surface area contributed by atoms with Gasteiger partial charge in [0.05, 0.1) is 65.6 Å². The first kappa shape index (κ1) is 54.6. The molecule has 0 fully saturated rings. The van der Waals surface area contributed by atoms with E-state index < -0.39 is 16.6 Å². The summed E-state index contributed by atoms with van der Waals surface area (Å²) in [6, 6.07) is 26.7. The Kier molecular flexibility index (Phi) is 21.4. The predicted octanol–water partition coefficient (Wildman–Crippen LogP) is 14.3. The van der Waals surface area contributed by atoms with Crippen molar-refractivity contribution >= 4 is 16.6 Å². The number of allylic oxidation sites excluding steroid dienone is 1. The third-order valence-electron chi connectivity index (χ3n) is 13.8. The van der Waals surface area contributed by atoms with Gasteiger partial charge in [-0.15, -0.1) is 0 Å². The standard InChI is InChI=1S/C54H88O7Si2/c1-39(32-40(2)50(60-62(15,16)53(7,8)9)42(4)34-57-37-46-24-28-48(55-13)29-25-46)33-41(3)52(61-63(17,18)54(10,11)12)44(6)51(59-38-47-26-30-49(56-14)31-27-47)43(5)35-58-36-45-22-20-19-21-23-45/h19-32,40-44,50-52H,33-38H2,1-18H3/t40-,41-,42-,43-,44+,50+,51-,52+/m0/s1. The normalized spacial score (nSPS) is 17.0. The summed E-state index contributed by atoms with van der Waals surface area (Å²) in [6.45, 7) is 40.2. The molecule has 8 atom stereocenters. The molecule has 0 amide bonds. The summed E-state index contributed by atoms with van der Waals surface area (Å²) in [5.74, 6) is 2.51. The van der Waals surface area contributed by atoms with E-state index in [1.54, 1.807) is 14.2 Å². The minimum Gasteiger partial charge on any atom is -0.497 e. The average molecular weight is 905 g/mol. The van der Waals surface area contributed by atoms with Gasteiger partial charge in [0, 0.05) is 17.8 Å². The van der Waals surface area contributed by atoms with Crippen LogP contribution in [-0.2, 0) is 42.9 Å². The zero-order valence-electron chi connectivity index (χ0n) is 42.8. The average Bonchev–Trinajstić information content (AvgIpc) is 3.21. The molecule has 0 aromatic heterocycles. The summed E-state index contributed by atoms with van der Waals surface area (Å²) < 4.78 is 45.4. The molecule has 7 nitrogen and oxygen atoms in total. The van der Waals surface area contributed by atoms with Crippen molar-refractivity contribution in [3.05, 3.63) is 107 Å². The van der Waals surface area contributed by atoms with E-state index in [9.17, 15) is 0 Å². The molecule has 354 valence electrons. The van der Waals surface area contributed by atoms with Crippen LogP contribution in [0.25, 0.3) is 0 Å². The van der Waals surface area contributed by atoms with Crippen LogP contribution in [0.2, 0.25) is 36.3 Å². The first-order valence-electron chi connectivity index (χ1n) is 23.5. The molecule has 0 heterocycles. The fraction of sp³-hybridized carbons (Fsp3) is 0.630. The van der Waals surface area contributed by atoms with Crippen molar-refractivity contribution in [2.75, 3.05) is 27.4 Å². The van der Waals surface area contributed by atoms with Gasteiger partial charge in [0.25, 0.3) is 0 Å². The van der Waals surface area contributed by atoms with Gasteiger partial charge in [-0.25, -0.2) is 0 Å². The van der Waals surface area contributed by atoms with Crippen molar-refractivity contribution in [2.45, 2.75) is 164 Å². The SMILES string of the molecule is COc1ccc(COC[C@H](C)[C@H](O[Si](C)(C)C(C)(C)C)[C@@H](C)C=C(C)C[C@H](C)[C@@H](O[Si](C)(C)C(C)(C)C)[C@H](C)[C@@H](OCc2ccc(OC)cc2)[C@@H](C)COCc2ccccc2)cc1. The van der Waals surface area contributed by atoms with Crippen molar-refractivity contribution < 1.29 is 32.5 Å². The zero-order valence-corrected chi connectivity index (χ0v) is 44.8. The smallest absolute Gasteiger partial charge is 0.192 e. The van der Waals surface area contributed by atoms with Crippen LogP contribution in [0.3, 0.4) is 0 Å².